The standard InChI is InChI=1S/C14H21N3O2/c1-3-8-16-10-7-15-13(14(16)19)17-9-5-4-6-12(17)11(2)18/h7,10,12H,3-6,8-9H2,1-2H3. The second kappa shape index (κ2) is 5.99. The lowest BCUT2D eigenvalue weighted by molar-refractivity contribution is -0.118. The molecule has 0 spiro atoms. The van der Waals surface area contributed by atoms with Crippen LogP contribution in [-0.4, -0.2) is 27.9 Å². The van der Waals surface area contributed by atoms with E-state index in [4.69, 9.17) is 0 Å². The van der Waals surface area contributed by atoms with Crippen molar-refractivity contribution in [3.8, 4) is 0 Å². The summed E-state index contributed by atoms with van der Waals surface area (Å²) in [6, 6.07) is -0.188. The smallest absolute Gasteiger partial charge is 0.293 e. The molecule has 0 radical (unpaired) electrons. The molecular formula is C14H21N3O2. The molecule has 1 aliphatic rings. The normalized spacial score (nSPS) is 19.5. The molecule has 2 heterocycles. The van der Waals surface area contributed by atoms with Crippen molar-refractivity contribution >= 4 is 11.6 Å². The van der Waals surface area contributed by atoms with E-state index in [2.05, 4.69) is 4.98 Å². The van der Waals surface area contributed by atoms with E-state index in [1.54, 1.807) is 23.9 Å². The third-order valence-corrected chi connectivity index (χ3v) is 3.60. The molecule has 1 aromatic rings. The Labute approximate surface area is 113 Å². The van der Waals surface area contributed by atoms with Crippen molar-refractivity contribution in [3.05, 3.63) is 22.7 Å². The largest absolute Gasteiger partial charge is 0.342 e. The van der Waals surface area contributed by atoms with Crippen molar-refractivity contribution in [2.75, 3.05) is 11.4 Å². The molecule has 2 rings (SSSR count). The zero-order valence-corrected chi connectivity index (χ0v) is 11.6. The molecule has 0 aliphatic carbocycles. The third kappa shape index (κ3) is 2.85. The first-order chi connectivity index (χ1) is 9.15. The Kier molecular flexibility index (Phi) is 4.35. The van der Waals surface area contributed by atoms with Crippen LogP contribution >= 0.6 is 0 Å². The number of piperidine rings is 1. The first-order valence-corrected chi connectivity index (χ1v) is 6.97. The zero-order chi connectivity index (χ0) is 13.8. The van der Waals surface area contributed by atoms with Crippen molar-refractivity contribution in [1.29, 1.82) is 0 Å². The summed E-state index contributed by atoms with van der Waals surface area (Å²) in [4.78, 5) is 30.2. The van der Waals surface area contributed by atoms with Gasteiger partial charge in [0.2, 0.25) is 0 Å². The average molecular weight is 263 g/mol. The number of hydrogen-bond acceptors (Lipinski definition) is 4. The fraction of sp³-hybridized carbons (Fsp3) is 0.643. The highest BCUT2D eigenvalue weighted by Crippen LogP contribution is 2.21. The Morgan fingerprint density at radius 2 is 2.26 bits per heavy atom. The molecule has 0 N–H and O–H groups in total. The quantitative estimate of drug-likeness (QED) is 0.828. The Morgan fingerprint density at radius 3 is 2.95 bits per heavy atom. The first-order valence-electron chi connectivity index (χ1n) is 6.97. The maximum absolute atomic E-state index is 12.4. The Balaban J connectivity index is 2.36. The van der Waals surface area contributed by atoms with Crippen molar-refractivity contribution in [3.63, 3.8) is 0 Å². The minimum absolute atomic E-state index is 0.0856. The van der Waals surface area contributed by atoms with Crippen LogP contribution in [-0.2, 0) is 11.3 Å². The molecular weight excluding hydrogens is 242 g/mol. The number of rotatable bonds is 4. The lowest BCUT2D eigenvalue weighted by Crippen LogP contribution is -2.47. The summed E-state index contributed by atoms with van der Waals surface area (Å²) in [5, 5.41) is 0. The molecule has 0 amide bonds. The van der Waals surface area contributed by atoms with Gasteiger partial charge in [0.1, 0.15) is 0 Å². The van der Waals surface area contributed by atoms with Gasteiger partial charge < -0.3 is 9.47 Å². The highest BCUT2D eigenvalue weighted by Gasteiger charge is 2.28. The minimum atomic E-state index is -0.188. The first kappa shape index (κ1) is 13.8. The van der Waals surface area contributed by atoms with Crippen molar-refractivity contribution in [1.82, 2.24) is 9.55 Å². The van der Waals surface area contributed by atoms with Gasteiger partial charge >= 0.3 is 0 Å². The van der Waals surface area contributed by atoms with Gasteiger partial charge in [-0.3, -0.25) is 9.59 Å². The predicted molar refractivity (Wildman–Crippen MR) is 74.5 cm³/mol. The van der Waals surface area contributed by atoms with Crippen LogP contribution in [0.25, 0.3) is 0 Å². The second-order valence-electron chi connectivity index (χ2n) is 5.07. The molecule has 1 aliphatic heterocycles. The Bertz CT molecular complexity index is 510. The Morgan fingerprint density at radius 1 is 1.47 bits per heavy atom. The van der Waals surface area contributed by atoms with Crippen molar-refractivity contribution < 1.29 is 4.79 Å². The molecule has 104 valence electrons. The van der Waals surface area contributed by atoms with E-state index in [-0.39, 0.29) is 17.4 Å². The Hall–Kier alpha value is -1.65. The lowest BCUT2D eigenvalue weighted by atomic mass is 9.99. The summed E-state index contributed by atoms with van der Waals surface area (Å²) in [5.41, 5.74) is -0.0856. The number of carbonyl (C=O) groups is 1. The van der Waals surface area contributed by atoms with Crippen LogP contribution in [0.5, 0.6) is 0 Å². The van der Waals surface area contributed by atoms with Crippen LogP contribution < -0.4 is 10.5 Å². The summed E-state index contributed by atoms with van der Waals surface area (Å²) in [6.07, 6.45) is 7.13. The number of anilines is 1. The molecule has 0 saturated carbocycles. The van der Waals surface area contributed by atoms with E-state index in [0.717, 1.165) is 32.2 Å². The van der Waals surface area contributed by atoms with Crippen LogP contribution in [0, 0.1) is 0 Å². The zero-order valence-electron chi connectivity index (χ0n) is 11.6. The highest BCUT2D eigenvalue weighted by molar-refractivity contribution is 5.84. The third-order valence-electron chi connectivity index (χ3n) is 3.60. The predicted octanol–water partition coefficient (Wildman–Crippen LogP) is 1.60. The fourth-order valence-electron chi connectivity index (χ4n) is 2.66. The number of Topliss-reactive ketones (excluding diaryl/α,β-unsaturated/α-hetero) is 1. The molecule has 1 unspecified atom stereocenters. The van der Waals surface area contributed by atoms with E-state index in [1.807, 2.05) is 11.8 Å². The molecule has 1 saturated heterocycles. The minimum Gasteiger partial charge on any atom is -0.342 e. The number of aromatic nitrogens is 2. The van der Waals surface area contributed by atoms with Gasteiger partial charge in [-0.15, -0.1) is 0 Å². The van der Waals surface area contributed by atoms with Gasteiger partial charge in [0.05, 0.1) is 6.04 Å². The number of nitrogens with zero attached hydrogens (tertiary/aromatic N) is 3. The average Bonchev–Trinajstić information content (AvgIpc) is 2.41. The lowest BCUT2D eigenvalue weighted by Gasteiger charge is -2.34. The van der Waals surface area contributed by atoms with E-state index < -0.39 is 0 Å². The summed E-state index contributed by atoms with van der Waals surface area (Å²) in [7, 11) is 0. The van der Waals surface area contributed by atoms with Crippen LogP contribution in [0.1, 0.15) is 39.5 Å². The molecule has 1 aromatic heterocycles. The van der Waals surface area contributed by atoms with Crippen molar-refractivity contribution in [2.24, 2.45) is 0 Å². The monoisotopic (exact) mass is 263 g/mol. The fourth-order valence-corrected chi connectivity index (χ4v) is 2.66. The van der Waals surface area contributed by atoms with Gasteiger partial charge in [0, 0.05) is 25.5 Å². The SMILES string of the molecule is CCCn1ccnc(N2CCCCC2C(C)=O)c1=O. The topological polar surface area (TPSA) is 55.2 Å². The highest BCUT2D eigenvalue weighted by atomic mass is 16.1. The van der Waals surface area contributed by atoms with Crippen LogP contribution in [0.2, 0.25) is 0 Å². The molecule has 1 atom stereocenters. The van der Waals surface area contributed by atoms with E-state index >= 15 is 0 Å². The van der Waals surface area contributed by atoms with Gasteiger partial charge in [0.25, 0.3) is 5.56 Å². The van der Waals surface area contributed by atoms with Gasteiger partial charge in [-0.25, -0.2) is 4.98 Å². The molecule has 0 bridgehead atoms. The van der Waals surface area contributed by atoms with Gasteiger partial charge in [-0.1, -0.05) is 6.92 Å². The summed E-state index contributed by atoms with van der Waals surface area (Å²) >= 11 is 0. The number of ketones is 1. The molecule has 19 heavy (non-hydrogen) atoms. The molecule has 5 nitrogen and oxygen atoms in total. The summed E-state index contributed by atoms with van der Waals surface area (Å²) < 4.78 is 1.67. The maximum atomic E-state index is 12.4. The maximum Gasteiger partial charge on any atom is 0.293 e. The van der Waals surface area contributed by atoms with Gasteiger partial charge in [-0.2, -0.15) is 0 Å². The molecule has 0 aromatic carbocycles. The summed E-state index contributed by atoms with van der Waals surface area (Å²) in [5.74, 6) is 0.544. The van der Waals surface area contributed by atoms with Crippen LogP contribution in [0.4, 0.5) is 5.82 Å². The summed E-state index contributed by atoms with van der Waals surface area (Å²) in [6.45, 7) is 5.05. The number of carbonyl (C=O) groups excluding carboxylic acids is 1. The van der Waals surface area contributed by atoms with Crippen molar-refractivity contribution in [2.45, 2.75) is 52.1 Å². The second-order valence-corrected chi connectivity index (χ2v) is 5.07. The van der Waals surface area contributed by atoms with Crippen LogP contribution in [0.3, 0.4) is 0 Å². The van der Waals surface area contributed by atoms with E-state index in [1.165, 1.54) is 0 Å². The molecule has 1 fully saturated rings. The molecule has 5 heteroatoms. The number of hydrogen-bond donors (Lipinski definition) is 0. The van der Waals surface area contributed by atoms with E-state index in [9.17, 15) is 9.59 Å². The van der Waals surface area contributed by atoms with E-state index in [0.29, 0.717) is 12.4 Å². The van der Waals surface area contributed by atoms with Gasteiger partial charge in [0.15, 0.2) is 11.6 Å². The van der Waals surface area contributed by atoms with Crippen LogP contribution in [0.15, 0.2) is 17.2 Å². The number of aryl methyl sites for hydroxylation is 1. The van der Waals surface area contributed by atoms with Gasteiger partial charge in [-0.05, 0) is 32.6 Å².